The molecule has 0 aromatic carbocycles. The summed E-state index contributed by atoms with van der Waals surface area (Å²) >= 11 is 0. The summed E-state index contributed by atoms with van der Waals surface area (Å²) in [4.78, 5) is 0. The van der Waals surface area contributed by atoms with Crippen LogP contribution in [0.25, 0.3) is 0 Å². The minimum atomic E-state index is 0.840. The first-order valence-electron chi connectivity index (χ1n) is 1.52. The zero-order valence-electron chi connectivity index (χ0n) is 3.20. The van der Waals surface area contributed by atoms with Crippen molar-refractivity contribution in [2.24, 2.45) is 0 Å². The molecular formula is C4H6O2. The lowest BCUT2D eigenvalue weighted by Crippen LogP contribution is -1.48. The molecule has 0 aliphatic carbocycles. The molecular weight excluding hydrogens is 80.0 g/mol. The van der Waals surface area contributed by atoms with E-state index >= 15 is 0 Å². The van der Waals surface area contributed by atoms with E-state index in [1.165, 1.54) is 12.2 Å². The third kappa shape index (κ3) is 3.08. The number of allylic oxidation sites excluding steroid dienone is 2. The van der Waals surface area contributed by atoms with Crippen LogP contribution in [0.5, 0.6) is 0 Å². The summed E-state index contributed by atoms with van der Waals surface area (Å²) in [5, 5.41) is 15.7. The molecule has 0 heterocycles. The lowest BCUT2D eigenvalue weighted by molar-refractivity contribution is 0.467. The molecule has 2 nitrogen and oxygen atoms in total. The minimum Gasteiger partial charge on any atom is -0.516 e. The molecule has 6 heavy (non-hydrogen) atoms. The zero-order chi connectivity index (χ0) is 4.83. The van der Waals surface area contributed by atoms with Crippen molar-refractivity contribution in [2.45, 2.75) is 0 Å². The molecule has 2 N–H and O–H groups in total. The normalized spacial score (nSPS) is 11.3. The Morgan fingerprint density at radius 2 is 1.17 bits per heavy atom. The van der Waals surface area contributed by atoms with Gasteiger partial charge in [0.2, 0.25) is 0 Å². The van der Waals surface area contributed by atoms with Crippen molar-refractivity contribution >= 4 is 0 Å². The second-order valence-corrected chi connectivity index (χ2v) is 0.683. The molecule has 0 aromatic heterocycles. The predicted octanol–water partition coefficient (Wildman–Crippen LogP) is 1.13. The van der Waals surface area contributed by atoms with Gasteiger partial charge in [-0.2, -0.15) is 0 Å². The first-order valence-corrected chi connectivity index (χ1v) is 1.52. The molecule has 34 valence electrons. The second-order valence-electron chi connectivity index (χ2n) is 0.683. The maximum atomic E-state index is 7.85. The van der Waals surface area contributed by atoms with E-state index < -0.39 is 0 Å². The first kappa shape index (κ1) is 5.08. The molecule has 0 rings (SSSR count). The molecule has 0 radical (unpaired) electrons. The largest absolute Gasteiger partial charge is 0.516 e. The highest BCUT2D eigenvalue weighted by molar-refractivity contribution is 4.94. The molecule has 0 aliphatic heterocycles. The van der Waals surface area contributed by atoms with Gasteiger partial charge >= 0.3 is 0 Å². The molecule has 0 amide bonds. The Bertz CT molecular complexity index is 53.9. The van der Waals surface area contributed by atoms with Crippen molar-refractivity contribution < 1.29 is 10.2 Å². The van der Waals surface area contributed by atoms with Crippen molar-refractivity contribution in [1.29, 1.82) is 0 Å². The molecule has 0 aliphatic rings. The van der Waals surface area contributed by atoms with E-state index in [4.69, 9.17) is 10.2 Å². The van der Waals surface area contributed by atoms with E-state index in [1.54, 1.807) is 0 Å². The van der Waals surface area contributed by atoms with Gasteiger partial charge in [0.25, 0.3) is 0 Å². The number of aliphatic hydroxyl groups is 2. The maximum absolute atomic E-state index is 7.85. The molecule has 0 saturated carbocycles. The first-order chi connectivity index (χ1) is 2.91. The highest BCUT2D eigenvalue weighted by Gasteiger charge is 1.51. The van der Waals surface area contributed by atoms with Gasteiger partial charge in [0.1, 0.15) is 0 Å². The molecule has 0 bridgehead atoms. The van der Waals surface area contributed by atoms with Crippen LogP contribution < -0.4 is 0 Å². The van der Waals surface area contributed by atoms with Crippen LogP contribution in [-0.2, 0) is 0 Å². The number of hydrogen-bond acceptors (Lipinski definition) is 2. The highest BCUT2D eigenvalue weighted by Crippen LogP contribution is 1.66. The smallest absolute Gasteiger partial charge is 0.0792 e. The number of aliphatic hydroxyl groups excluding tert-OH is 2. The van der Waals surface area contributed by atoms with Crippen molar-refractivity contribution in [3.8, 4) is 0 Å². The Morgan fingerprint density at radius 1 is 0.833 bits per heavy atom. The second kappa shape index (κ2) is 4.08. The van der Waals surface area contributed by atoms with Crippen LogP contribution in [-0.4, -0.2) is 10.2 Å². The third-order valence-electron chi connectivity index (χ3n) is 0.283. The fourth-order valence-corrected chi connectivity index (χ4v) is 0.0994. The fourth-order valence-electron chi connectivity index (χ4n) is 0.0994. The van der Waals surface area contributed by atoms with Gasteiger partial charge in [0, 0.05) is 0 Å². The van der Waals surface area contributed by atoms with E-state index in [1.807, 2.05) is 0 Å². The lowest BCUT2D eigenvalue weighted by Gasteiger charge is -1.63. The summed E-state index contributed by atoms with van der Waals surface area (Å²) in [6.45, 7) is 0. The van der Waals surface area contributed by atoms with Gasteiger partial charge in [-0.1, -0.05) is 0 Å². The van der Waals surface area contributed by atoms with Crippen LogP contribution in [0, 0.1) is 0 Å². The van der Waals surface area contributed by atoms with E-state index in [9.17, 15) is 0 Å². The summed E-state index contributed by atoms with van der Waals surface area (Å²) < 4.78 is 0. The van der Waals surface area contributed by atoms with Gasteiger partial charge in [-0.3, -0.25) is 0 Å². The Hall–Kier alpha value is -0.920. The number of rotatable bonds is 1. The highest BCUT2D eigenvalue weighted by atomic mass is 16.2. The molecule has 0 aromatic rings. The van der Waals surface area contributed by atoms with E-state index in [2.05, 4.69) is 0 Å². The quantitative estimate of drug-likeness (QED) is 0.371. The van der Waals surface area contributed by atoms with Gasteiger partial charge in [0.05, 0.1) is 12.5 Å². The SMILES string of the molecule is OC=C/C=C\O. The summed E-state index contributed by atoms with van der Waals surface area (Å²) in [6.07, 6.45) is 4.29. The van der Waals surface area contributed by atoms with Crippen molar-refractivity contribution in [3.05, 3.63) is 24.7 Å². The van der Waals surface area contributed by atoms with E-state index in [-0.39, 0.29) is 0 Å². The van der Waals surface area contributed by atoms with Crippen LogP contribution in [0.3, 0.4) is 0 Å². The van der Waals surface area contributed by atoms with Crippen molar-refractivity contribution in [1.82, 2.24) is 0 Å². The predicted molar refractivity (Wildman–Crippen MR) is 23.5 cm³/mol. The molecule has 0 fully saturated rings. The topological polar surface area (TPSA) is 40.5 Å². The van der Waals surface area contributed by atoms with Crippen LogP contribution in [0.2, 0.25) is 0 Å². The van der Waals surface area contributed by atoms with Gasteiger partial charge in [-0.05, 0) is 12.2 Å². The summed E-state index contributed by atoms with van der Waals surface area (Å²) in [5.41, 5.74) is 0. The molecule has 2 heteroatoms. The Morgan fingerprint density at radius 3 is 1.33 bits per heavy atom. The summed E-state index contributed by atoms with van der Waals surface area (Å²) in [5.74, 6) is 0. The summed E-state index contributed by atoms with van der Waals surface area (Å²) in [7, 11) is 0. The summed E-state index contributed by atoms with van der Waals surface area (Å²) in [6, 6.07) is 0. The van der Waals surface area contributed by atoms with Crippen molar-refractivity contribution in [2.75, 3.05) is 0 Å². The number of hydrogen-bond donors (Lipinski definition) is 2. The standard InChI is InChI=1S/C4H6O2/c5-3-1-2-4-6/h1-6H/b3-1-,4-2?. The lowest BCUT2D eigenvalue weighted by atomic mass is 10.6. The molecule has 0 unspecified atom stereocenters. The van der Waals surface area contributed by atoms with Gasteiger partial charge in [0.15, 0.2) is 0 Å². The van der Waals surface area contributed by atoms with Gasteiger partial charge in [-0.15, -0.1) is 0 Å². The maximum Gasteiger partial charge on any atom is 0.0792 e. The van der Waals surface area contributed by atoms with E-state index in [0.717, 1.165) is 12.5 Å². The van der Waals surface area contributed by atoms with Crippen LogP contribution in [0.4, 0.5) is 0 Å². The zero-order valence-corrected chi connectivity index (χ0v) is 3.20. The van der Waals surface area contributed by atoms with E-state index in [0.29, 0.717) is 0 Å². The average Bonchev–Trinajstić information content (AvgIpc) is 1.61. The Balaban J connectivity index is 3.07. The molecule has 0 spiro atoms. The van der Waals surface area contributed by atoms with Crippen molar-refractivity contribution in [3.63, 3.8) is 0 Å². The minimum absolute atomic E-state index is 0.840. The third-order valence-corrected chi connectivity index (χ3v) is 0.283. The molecule has 0 saturated heterocycles. The monoisotopic (exact) mass is 86.0 g/mol. The Kier molecular flexibility index (Phi) is 3.45. The van der Waals surface area contributed by atoms with Crippen LogP contribution in [0.1, 0.15) is 0 Å². The molecule has 0 atom stereocenters. The van der Waals surface area contributed by atoms with Gasteiger partial charge in [-0.25, -0.2) is 0 Å². The Labute approximate surface area is 36.0 Å². The van der Waals surface area contributed by atoms with Crippen LogP contribution >= 0.6 is 0 Å². The average molecular weight is 86.1 g/mol. The van der Waals surface area contributed by atoms with Crippen LogP contribution in [0.15, 0.2) is 24.7 Å². The fraction of sp³-hybridized carbons (Fsp3) is 0. The van der Waals surface area contributed by atoms with Gasteiger partial charge < -0.3 is 10.2 Å².